The van der Waals surface area contributed by atoms with Crippen LogP contribution >= 0.6 is 0 Å². The Hall–Kier alpha value is -2.39. The van der Waals surface area contributed by atoms with Crippen LogP contribution in [0.4, 0.5) is 0 Å². The Kier molecular flexibility index (Phi) is 7.33. The SMILES string of the molecule is COCC1=C2[C@@H](CC/C(=C/c3cc(C)c(O)c(C)c3)c3ccccc3)OB(O)C[C@@H]2S(=O)(=O)C1. The number of allylic oxidation sites excluding steroid dienone is 1. The van der Waals surface area contributed by atoms with Crippen LogP contribution in [0.25, 0.3) is 11.6 Å². The second-order valence-corrected chi connectivity index (χ2v) is 11.4. The van der Waals surface area contributed by atoms with Gasteiger partial charge in [0.1, 0.15) is 5.75 Å². The fourth-order valence-electron chi connectivity index (χ4n) is 5.09. The number of fused-ring (bicyclic) bond motifs is 1. The normalized spacial score (nSPS) is 22.2. The van der Waals surface area contributed by atoms with Crippen LogP contribution in [0.15, 0.2) is 53.6 Å². The number of benzene rings is 2. The van der Waals surface area contributed by atoms with Crippen molar-refractivity contribution < 1.29 is 27.9 Å². The maximum Gasteiger partial charge on any atom is 0.456 e. The number of aryl methyl sites for hydroxylation is 2. The fraction of sp³-hybridized carbons (Fsp3) is 0.385. The quantitative estimate of drug-likeness (QED) is 0.353. The lowest BCUT2D eigenvalue weighted by atomic mass is 9.74. The maximum atomic E-state index is 12.8. The minimum Gasteiger partial charge on any atom is -0.507 e. The molecule has 4 rings (SSSR count). The van der Waals surface area contributed by atoms with Gasteiger partial charge >= 0.3 is 7.12 Å². The van der Waals surface area contributed by atoms with Crippen LogP contribution in [0.1, 0.15) is 35.1 Å². The first-order chi connectivity index (χ1) is 16.2. The summed E-state index contributed by atoms with van der Waals surface area (Å²) in [6.45, 7) is 4.00. The van der Waals surface area contributed by atoms with E-state index in [4.69, 9.17) is 9.39 Å². The van der Waals surface area contributed by atoms with Gasteiger partial charge in [0.15, 0.2) is 9.84 Å². The molecular weight excluding hydrogens is 451 g/mol. The molecule has 6 nitrogen and oxygen atoms in total. The molecule has 180 valence electrons. The molecule has 2 aromatic rings. The third kappa shape index (κ3) is 5.15. The van der Waals surface area contributed by atoms with E-state index in [-0.39, 0.29) is 18.7 Å². The summed E-state index contributed by atoms with van der Waals surface area (Å²) in [6, 6.07) is 13.9. The third-order valence-corrected chi connectivity index (χ3v) is 8.71. The number of hydrogen-bond acceptors (Lipinski definition) is 6. The van der Waals surface area contributed by atoms with Gasteiger partial charge in [0, 0.05) is 13.4 Å². The number of methoxy groups -OCH3 is 1. The summed E-state index contributed by atoms with van der Waals surface area (Å²) in [5.41, 5.74) is 6.24. The molecule has 2 aromatic carbocycles. The van der Waals surface area contributed by atoms with Gasteiger partial charge in [-0.2, -0.15) is 0 Å². The molecule has 0 aromatic heterocycles. The van der Waals surface area contributed by atoms with Gasteiger partial charge in [-0.05, 0) is 77.8 Å². The van der Waals surface area contributed by atoms with Crippen molar-refractivity contribution >= 4 is 28.6 Å². The molecule has 2 heterocycles. The Morgan fingerprint density at radius 3 is 2.53 bits per heavy atom. The van der Waals surface area contributed by atoms with E-state index < -0.39 is 28.3 Å². The van der Waals surface area contributed by atoms with Crippen LogP contribution in [0.2, 0.25) is 6.32 Å². The van der Waals surface area contributed by atoms with Gasteiger partial charge in [0.2, 0.25) is 0 Å². The van der Waals surface area contributed by atoms with Crippen LogP contribution in [-0.4, -0.2) is 56.5 Å². The summed E-state index contributed by atoms with van der Waals surface area (Å²) in [4.78, 5) is 0. The zero-order valence-electron chi connectivity index (χ0n) is 19.8. The maximum absolute atomic E-state index is 12.8. The fourth-order valence-corrected chi connectivity index (χ4v) is 7.19. The van der Waals surface area contributed by atoms with E-state index in [2.05, 4.69) is 6.08 Å². The first-order valence-corrected chi connectivity index (χ1v) is 13.2. The van der Waals surface area contributed by atoms with Crippen LogP contribution < -0.4 is 0 Å². The highest BCUT2D eigenvalue weighted by molar-refractivity contribution is 7.92. The minimum absolute atomic E-state index is 0.0408. The van der Waals surface area contributed by atoms with E-state index in [1.54, 1.807) is 7.11 Å². The molecule has 0 unspecified atom stereocenters. The average molecular weight is 482 g/mol. The lowest BCUT2D eigenvalue weighted by Gasteiger charge is -2.32. The second-order valence-electron chi connectivity index (χ2n) is 9.18. The largest absolute Gasteiger partial charge is 0.507 e. The molecule has 0 radical (unpaired) electrons. The molecule has 8 heteroatoms. The monoisotopic (exact) mass is 482 g/mol. The van der Waals surface area contributed by atoms with E-state index >= 15 is 0 Å². The van der Waals surface area contributed by atoms with Gasteiger partial charge in [-0.25, -0.2) is 8.42 Å². The molecule has 1 fully saturated rings. The first-order valence-electron chi connectivity index (χ1n) is 11.5. The van der Waals surface area contributed by atoms with E-state index in [1.807, 2.05) is 56.3 Å². The molecule has 2 aliphatic rings. The summed E-state index contributed by atoms with van der Waals surface area (Å²) in [5, 5.41) is 19.7. The summed E-state index contributed by atoms with van der Waals surface area (Å²) in [7, 11) is -2.92. The Morgan fingerprint density at radius 1 is 1.21 bits per heavy atom. The summed E-state index contributed by atoms with van der Waals surface area (Å²) < 4.78 is 36.7. The number of sulfone groups is 1. The van der Waals surface area contributed by atoms with Gasteiger partial charge in [-0.15, -0.1) is 0 Å². The Labute approximate surface area is 202 Å². The standard InChI is InChI=1S/C26H31BO6S/c1-17-11-19(12-18(2)26(17)28)13-21(20-7-5-4-6-8-20)9-10-23-25-22(15-32-3)16-34(30,31)24(25)14-27(29)33-23/h4-8,11-13,23-24,28-29H,9-10,14-16H2,1-3H3/b21-13-/t23-,24+/m1/s1. The topological polar surface area (TPSA) is 93.1 Å². The Morgan fingerprint density at radius 2 is 1.88 bits per heavy atom. The van der Waals surface area contributed by atoms with Crippen molar-refractivity contribution in [1.82, 2.24) is 0 Å². The van der Waals surface area contributed by atoms with Gasteiger partial charge in [-0.3, -0.25) is 0 Å². The molecule has 2 N–H and O–H groups in total. The van der Waals surface area contributed by atoms with Crippen molar-refractivity contribution in [1.29, 1.82) is 0 Å². The first kappa shape index (κ1) is 24.7. The highest BCUT2D eigenvalue weighted by Crippen LogP contribution is 2.40. The van der Waals surface area contributed by atoms with Crippen LogP contribution in [0, 0.1) is 13.8 Å². The van der Waals surface area contributed by atoms with Crippen molar-refractivity contribution in [2.24, 2.45) is 0 Å². The number of phenolic OH excluding ortho intramolecular Hbond substituents is 1. The lowest BCUT2D eigenvalue weighted by Crippen LogP contribution is -2.42. The van der Waals surface area contributed by atoms with E-state index in [9.17, 15) is 18.5 Å². The molecule has 0 bridgehead atoms. The minimum atomic E-state index is -3.37. The van der Waals surface area contributed by atoms with Gasteiger partial charge < -0.3 is 19.5 Å². The van der Waals surface area contributed by atoms with Crippen molar-refractivity contribution in [3.63, 3.8) is 0 Å². The predicted molar refractivity (Wildman–Crippen MR) is 135 cm³/mol. The van der Waals surface area contributed by atoms with Crippen LogP contribution in [0.5, 0.6) is 5.75 Å². The van der Waals surface area contributed by atoms with E-state index in [0.29, 0.717) is 18.6 Å². The number of rotatable bonds is 7. The molecule has 2 atom stereocenters. The Balaban J connectivity index is 1.67. The molecule has 1 saturated heterocycles. The number of hydrogen-bond donors (Lipinski definition) is 2. The smallest absolute Gasteiger partial charge is 0.456 e. The van der Waals surface area contributed by atoms with E-state index in [0.717, 1.165) is 39.0 Å². The van der Waals surface area contributed by atoms with E-state index in [1.165, 1.54) is 0 Å². The van der Waals surface area contributed by atoms with Crippen LogP contribution in [0.3, 0.4) is 0 Å². The number of phenols is 1. The summed E-state index contributed by atoms with van der Waals surface area (Å²) >= 11 is 0. The number of aromatic hydroxyl groups is 1. The van der Waals surface area contributed by atoms with Crippen LogP contribution in [-0.2, 0) is 19.2 Å². The predicted octanol–water partition coefficient (Wildman–Crippen LogP) is 3.95. The molecular formula is C26H31BO6S. The average Bonchev–Trinajstić information content (AvgIpc) is 3.05. The zero-order chi connectivity index (χ0) is 24.5. The molecule has 0 saturated carbocycles. The highest BCUT2D eigenvalue weighted by Gasteiger charge is 2.48. The van der Waals surface area contributed by atoms with Crippen molar-refractivity contribution in [2.45, 2.75) is 44.4 Å². The third-order valence-electron chi connectivity index (χ3n) is 6.64. The zero-order valence-corrected chi connectivity index (χ0v) is 20.6. The molecule has 0 aliphatic carbocycles. The highest BCUT2D eigenvalue weighted by atomic mass is 32.2. The summed E-state index contributed by atoms with van der Waals surface area (Å²) in [6.07, 6.45) is 2.82. The van der Waals surface area contributed by atoms with Gasteiger partial charge in [0.25, 0.3) is 0 Å². The molecule has 0 spiro atoms. The van der Waals surface area contributed by atoms with Gasteiger partial charge in [-0.1, -0.05) is 36.4 Å². The Bertz CT molecular complexity index is 1200. The summed E-state index contributed by atoms with van der Waals surface area (Å²) in [5.74, 6) is 0.259. The lowest BCUT2D eigenvalue weighted by molar-refractivity contribution is 0.167. The van der Waals surface area contributed by atoms with Crippen molar-refractivity contribution in [3.05, 3.63) is 75.9 Å². The second kappa shape index (κ2) is 10.1. The van der Waals surface area contributed by atoms with Gasteiger partial charge in [0.05, 0.1) is 23.7 Å². The molecule has 2 aliphatic heterocycles. The number of ether oxygens (including phenoxy) is 1. The molecule has 34 heavy (non-hydrogen) atoms. The molecule has 0 amide bonds. The van der Waals surface area contributed by atoms with Crippen molar-refractivity contribution in [2.75, 3.05) is 19.5 Å². The van der Waals surface area contributed by atoms with Crippen molar-refractivity contribution in [3.8, 4) is 5.75 Å².